The first-order valence-corrected chi connectivity index (χ1v) is 2.38. The molecule has 0 rings (SSSR count). The van der Waals surface area contributed by atoms with Crippen LogP contribution in [0.15, 0.2) is 0 Å². The second-order valence-corrected chi connectivity index (χ2v) is 1.65. The summed E-state index contributed by atoms with van der Waals surface area (Å²) in [5.41, 5.74) is 0. The van der Waals surface area contributed by atoms with E-state index >= 15 is 0 Å². The molecule has 1 amide bonds. The van der Waals surface area contributed by atoms with Crippen LogP contribution >= 0.6 is 0 Å². The molecule has 0 saturated heterocycles. The number of aliphatic hydroxyl groups is 1. The predicted octanol–water partition coefficient (Wildman–Crippen LogP) is 0.0469. The van der Waals surface area contributed by atoms with E-state index in [4.69, 9.17) is 5.11 Å². The van der Waals surface area contributed by atoms with Crippen LogP contribution in [0.5, 0.6) is 0 Å². The molecule has 0 aromatic carbocycles. The highest BCUT2D eigenvalue weighted by Gasteiger charge is 1.95. The lowest BCUT2D eigenvalue weighted by molar-refractivity contribution is -0.119. The van der Waals surface area contributed by atoms with Gasteiger partial charge in [0.05, 0.1) is 0 Å². The molecule has 0 heterocycles. The Morgan fingerprint density at radius 3 is 2.25 bits per heavy atom. The van der Waals surface area contributed by atoms with Gasteiger partial charge in [0, 0.05) is 13.5 Å². The summed E-state index contributed by atoms with van der Waals surface area (Å²) >= 11 is 0. The molecule has 0 fully saturated rings. The molecular formula is C5H10NO2. The van der Waals surface area contributed by atoms with E-state index < -0.39 is 0 Å². The lowest BCUT2D eigenvalue weighted by atomic mass is 10.4. The minimum atomic E-state index is -0.126. The van der Waals surface area contributed by atoms with Gasteiger partial charge in [-0.25, -0.2) is 0 Å². The van der Waals surface area contributed by atoms with Gasteiger partial charge in [-0.05, 0) is 6.92 Å². The third-order valence-corrected chi connectivity index (χ3v) is 0.593. The Kier molecular flexibility index (Phi) is 3.19. The lowest BCUT2D eigenvalue weighted by Crippen LogP contribution is -2.24. The van der Waals surface area contributed by atoms with Crippen molar-refractivity contribution in [3.8, 4) is 0 Å². The zero-order chi connectivity index (χ0) is 6.57. The molecule has 0 aromatic rings. The van der Waals surface area contributed by atoms with Crippen molar-refractivity contribution in [2.24, 2.45) is 0 Å². The van der Waals surface area contributed by atoms with E-state index in [-0.39, 0.29) is 18.6 Å². The first-order chi connectivity index (χ1) is 3.63. The van der Waals surface area contributed by atoms with E-state index in [9.17, 15) is 4.79 Å². The highest BCUT2D eigenvalue weighted by atomic mass is 16.3. The monoisotopic (exact) mass is 116 g/mol. The SMILES string of the molecule is C[C](O)CNC(C)=O. The van der Waals surface area contributed by atoms with E-state index in [0.29, 0.717) is 0 Å². The molecule has 2 N–H and O–H groups in total. The number of aliphatic hydroxyl groups excluding tert-OH is 1. The van der Waals surface area contributed by atoms with Crippen molar-refractivity contribution in [1.29, 1.82) is 0 Å². The number of carbonyl (C=O) groups is 1. The smallest absolute Gasteiger partial charge is 0.216 e. The quantitative estimate of drug-likeness (QED) is 0.535. The minimum absolute atomic E-state index is 0.126. The maximum atomic E-state index is 10.1. The molecule has 3 heteroatoms. The van der Waals surface area contributed by atoms with Gasteiger partial charge in [-0.1, -0.05) is 0 Å². The molecule has 1 radical (unpaired) electrons. The third-order valence-electron chi connectivity index (χ3n) is 0.593. The van der Waals surface area contributed by atoms with Crippen LogP contribution in [0, 0.1) is 6.10 Å². The third kappa shape index (κ3) is 5.43. The second kappa shape index (κ2) is 3.43. The molecule has 0 unspecified atom stereocenters. The fourth-order valence-corrected chi connectivity index (χ4v) is 0.252. The van der Waals surface area contributed by atoms with Crippen LogP contribution in [0.4, 0.5) is 0 Å². The van der Waals surface area contributed by atoms with Gasteiger partial charge in [-0.3, -0.25) is 4.79 Å². The molecule has 0 atom stereocenters. The average Bonchev–Trinajstić information content (AvgIpc) is 1.61. The van der Waals surface area contributed by atoms with Gasteiger partial charge >= 0.3 is 0 Å². The molecule has 3 nitrogen and oxygen atoms in total. The highest BCUT2D eigenvalue weighted by molar-refractivity contribution is 5.72. The van der Waals surface area contributed by atoms with E-state index in [0.717, 1.165) is 0 Å². The molecule has 0 bridgehead atoms. The van der Waals surface area contributed by atoms with E-state index in [2.05, 4.69) is 5.32 Å². The normalized spacial score (nSPS) is 9.50. The van der Waals surface area contributed by atoms with Crippen molar-refractivity contribution < 1.29 is 9.90 Å². The summed E-state index contributed by atoms with van der Waals surface area (Å²) in [5, 5.41) is 10.9. The van der Waals surface area contributed by atoms with Crippen LogP contribution in [0.3, 0.4) is 0 Å². The van der Waals surface area contributed by atoms with Crippen molar-refractivity contribution in [1.82, 2.24) is 5.32 Å². The Hall–Kier alpha value is -0.570. The first kappa shape index (κ1) is 7.43. The zero-order valence-electron chi connectivity index (χ0n) is 5.06. The largest absolute Gasteiger partial charge is 0.385 e. The number of carbonyl (C=O) groups excluding carboxylic acids is 1. The topological polar surface area (TPSA) is 49.3 Å². The second-order valence-electron chi connectivity index (χ2n) is 1.65. The Balaban J connectivity index is 3.05. The fourth-order valence-electron chi connectivity index (χ4n) is 0.252. The number of hydrogen-bond donors (Lipinski definition) is 2. The van der Waals surface area contributed by atoms with Gasteiger partial charge in [0.15, 0.2) is 0 Å². The molecule has 0 saturated carbocycles. The van der Waals surface area contributed by atoms with Crippen molar-refractivity contribution in [3.05, 3.63) is 6.10 Å². The predicted molar refractivity (Wildman–Crippen MR) is 29.5 cm³/mol. The molecule has 0 aliphatic carbocycles. The van der Waals surface area contributed by atoms with Gasteiger partial charge in [0.1, 0.15) is 6.10 Å². The molecule has 0 aliphatic rings. The summed E-state index contributed by atoms with van der Waals surface area (Å²) in [4.78, 5) is 10.1. The van der Waals surface area contributed by atoms with Gasteiger partial charge < -0.3 is 10.4 Å². The standard InChI is InChI=1S/C5H10NO2/c1-4(7)3-6-5(2)8/h7H,3H2,1-2H3,(H,6,8). The van der Waals surface area contributed by atoms with Crippen LogP contribution in [-0.4, -0.2) is 17.6 Å². The van der Waals surface area contributed by atoms with Crippen LogP contribution in [0.1, 0.15) is 13.8 Å². The summed E-state index contributed by atoms with van der Waals surface area (Å²) in [6.07, 6.45) is 0.222. The molecular weight excluding hydrogens is 106 g/mol. The number of rotatable bonds is 2. The van der Waals surface area contributed by atoms with E-state index in [1.807, 2.05) is 0 Å². The van der Waals surface area contributed by atoms with Gasteiger partial charge in [0.25, 0.3) is 0 Å². The number of nitrogens with one attached hydrogen (secondary N) is 1. The van der Waals surface area contributed by atoms with Gasteiger partial charge in [-0.15, -0.1) is 0 Å². The lowest BCUT2D eigenvalue weighted by Gasteiger charge is -2.00. The van der Waals surface area contributed by atoms with Crippen molar-refractivity contribution in [2.75, 3.05) is 6.54 Å². The first-order valence-electron chi connectivity index (χ1n) is 2.38. The Labute approximate surface area is 48.7 Å². The van der Waals surface area contributed by atoms with Crippen LogP contribution in [0.2, 0.25) is 0 Å². The summed E-state index contributed by atoms with van der Waals surface area (Å²) in [7, 11) is 0. The highest BCUT2D eigenvalue weighted by Crippen LogP contribution is 1.83. The summed E-state index contributed by atoms with van der Waals surface area (Å²) < 4.78 is 0. The Morgan fingerprint density at radius 1 is 1.62 bits per heavy atom. The molecule has 0 spiro atoms. The number of hydrogen-bond acceptors (Lipinski definition) is 2. The van der Waals surface area contributed by atoms with E-state index in [1.165, 1.54) is 13.8 Å². The fraction of sp³-hybridized carbons (Fsp3) is 0.600. The van der Waals surface area contributed by atoms with Crippen LogP contribution in [0.25, 0.3) is 0 Å². The summed E-state index contributed by atoms with van der Waals surface area (Å²) in [6, 6.07) is 0. The van der Waals surface area contributed by atoms with Crippen molar-refractivity contribution in [3.63, 3.8) is 0 Å². The van der Waals surface area contributed by atoms with Gasteiger partial charge in [-0.2, -0.15) is 0 Å². The Bertz CT molecular complexity index is 80.5. The summed E-state index contributed by atoms with van der Waals surface area (Å²) in [5.74, 6) is -0.126. The van der Waals surface area contributed by atoms with Crippen molar-refractivity contribution in [2.45, 2.75) is 13.8 Å². The average molecular weight is 116 g/mol. The maximum Gasteiger partial charge on any atom is 0.216 e. The maximum absolute atomic E-state index is 10.1. The molecule has 47 valence electrons. The molecule has 8 heavy (non-hydrogen) atoms. The molecule has 0 aliphatic heterocycles. The van der Waals surface area contributed by atoms with Crippen LogP contribution in [-0.2, 0) is 4.79 Å². The van der Waals surface area contributed by atoms with Gasteiger partial charge in [0.2, 0.25) is 5.91 Å². The minimum Gasteiger partial charge on any atom is -0.385 e. The summed E-state index contributed by atoms with van der Waals surface area (Å²) in [6.45, 7) is 3.20. The Morgan fingerprint density at radius 2 is 2.12 bits per heavy atom. The number of amides is 1. The zero-order valence-corrected chi connectivity index (χ0v) is 5.06. The van der Waals surface area contributed by atoms with E-state index in [1.54, 1.807) is 0 Å². The van der Waals surface area contributed by atoms with Crippen molar-refractivity contribution >= 4 is 5.91 Å². The van der Waals surface area contributed by atoms with Crippen LogP contribution < -0.4 is 5.32 Å². The molecule has 0 aromatic heterocycles.